The van der Waals surface area contributed by atoms with Gasteiger partial charge in [-0.25, -0.2) is 4.98 Å². The van der Waals surface area contributed by atoms with Gasteiger partial charge in [0.2, 0.25) is 0 Å². The standard InChI is InChI=1S/C17H12ClN3O3S/c18-13-7-6-12(9-15(13)21(23)24)19-17(22)14-10-25-16(20-14)8-11-4-2-1-3-5-11/h1-7,9-10H,8H2,(H,19,22). The van der Waals surface area contributed by atoms with Crippen molar-refractivity contribution in [1.29, 1.82) is 0 Å². The van der Waals surface area contributed by atoms with Crippen molar-refractivity contribution in [1.82, 2.24) is 4.98 Å². The first kappa shape index (κ1) is 17.1. The summed E-state index contributed by atoms with van der Waals surface area (Å²) < 4.78 is 0. The Labute approximate surface area is 152 Å². The molecule has 0 atom stereocenters. The predicted octanol–water partition coefficient (Wildman–Crippen LogP) is 4.55. The molecule has 0 saturated heterocycles. The molecule has 0 aliphatic carbocycles. The van der Waals surface area contributed by atoms with Gasteiger partial charge in [-0.15, -0.1) is 11.3 Å². The molecule has 0 aliphatic heterocycles. The van der Waals surface area contributed by atoms with Crippen LogP contribution < -0.4 is 5.32 Å². The summed E-state index contributed by atoms with van der Waals surface area (Å²) in [5.41, 5.74) is 1.41. The number of hydrogen-bond donors (Lipinski definition) is 1. The van der Waals surface area contributed by atoms with Gasteiger partial charge in [-0.3, -0.25) is 14.9 Å². The lowest BCUT2D eigenvalue weighted by Gasteiger charge is -2.04. The van der Waals surface area contributed by atoms with Crippen molar-refractivity contribution in [3.63, 3.8) is 0 Å². The van der Waals surface area contributed by atoms with Crippen molar-refractivity contribution in [3.8, 4) is 0 Å². The van der Waals surface area contributed by atoms with E-state index >= 15 is 0 Å². The minimum absolute atomic E-state index is 0.0156. The van der Waals surface area contributed by atoms with Crippen molar-refractivity contribution in [2.24, 2.45) is 0 Å². The number of nitro benzene ring substituents is 1. The molecule has 1 N–H and O–H groups in total. The fourth-order valence-electron chi connectivity index (χ4n) is 2.19. The third-order valence-corrected chi connectivity index (χ3v) is 4.55. The van der Waals surface area contributed by atoms with Gasteiger partial charge < -0.3 is 5.32 Å². The lowest BCUT2D eigenvalue weighted by Crippen LogP contribution is -2.12. The van der Waals surface area contributed by atoms with E-state index < -0.39 is 10.8 Å². The minimum atomic E-state index is -0.598. The van der Waals surface area contributed by atoms with E-state index in [-0.39, 0.29) is 16.4 Å². The number of carbonyl (C=O) groups excluding carboxylic acids is 1. The Morgan fingerprint density at radius 3 is 2.72 bits per heavy atom. The quantitative estimate of drug-likeness (QED) is 0.525. The van der Waals surface area contributed by atoms with E-state index in [1.165, 1.54) is 29.5 Å². The van der Waals surface area contributed by atoms with Crippen molar-refractivity contribution >= 4 is 40.2 Å². The third-order valence-electron chi connectivity index (χ3n) is 3.38. The summed E-state index contributed by atoms with van der Waals surface area (Å²) >= 11 is 7.15. The second-order valence-electron chi connectivity index (χ2n) is 5.17. The lowest BCUT2D eigenvalue weighted by atomic mass is 10.2. The number of nitrogens with zero attached hydrogens (tertiary/aromatic N) is 2. The second-order valence-corrected chi connectivity index (χ2v) is 6.52. The van der Waals surface area contributed by atoms with Crippen LogP contribution in [0.5, 0.6) is 0 Å². The summed E-state index contributed by atoms with van der Waals surface area (Å²) in [6.45, 7) is 0. The van der Waals surface area contributed by atoms with Gasteiger partial charge in [0.25, 0.3) is 11.6 Å². The van der Waals surface area contributed by atoms with Crippen LogP contribution in [0.4, 0.5) is 11.4 Å². The zero-order chi connectivity index (χ0) is 17.8. The summed E-state index contributed by atoms with van der Waals surface area (Å²) in [7, 11) is 0. The topological polar surface area (TPSA) is 85.1 Å². The monoisotopic (exact) mass is 373 g/mol. The summed E-state index contributed by atoms with van der Waals surface area (Å²) in [6.07, 6.45) is 0.644. The van der Waals surface area contributed by atoms with Gasteiger partial charge in [0.1, 0.15) is 10.7 Å². The molecule has 0 spiro atoms. The summed E-state index contributed by atoms with van der Waals surface area (Å²) in [4.78, 5) is 26.9. The summed E-state index contributed by atoms with van der Waals surface area (Å²) in [5, 5.41) is 16.0. The van der Waals surface area contributed by atoms with Crippen LogP contribution in [-0.2, 0) is 6.42 Å². The van der Waals surface area contributed by atoms with Gasteiger partial charge in [-0.1, -0.05) is 41.9 Å². The highest BCUT2D eigenvalue weighted by Gasteiger charge is 2.16. The van der Waals surface area contributed by atoms with Crippen LogP contribution in [-0.4, -0.2) is 15.8 Å². The molecule has 126 valence electrons. The van der Waals surface area contributed by atoms with Gasteiger partial charge in [-0.05, 0) is 17.7 Å². The molecule has 0 unspecified atom stereocenters. The average molecular weight is 374 g/mol. The molecular formula is C17H12ClN3O3S. The van der Waals surface area contributed by atoms with E-state index in [4.69, 9.17) is 11.6 Å². The number of hydrogen-bond acceptors (Lipinski definition) is 5. The molecule has 6 nitrogen and oxygen atoms in total. The van der Waals surface area contributed by atoms with E-state index in [1.807, 2.05) is 30.3 Å². The molecule has 2 aromatic carbocycles. The number of amides is 1. The molecule has 0 aliphatic rings. The predicted molar refractivity (Wildman–Crippen MR) is 97.4 cm³/mol. The molecule has 3 rings (SSSR count). The lowest BCUT2D eigenvalue weighted by molar-refractivity contribution is -0.384. The highest BCUT2D eigenvalue weighted by Crippen LogP contribution is 2.27. The van der Waals surface area contributed by atoms with Gasteiger partial charge in [0.05, 0.1) is 9.93 Å². The molecule has 0 radical (unpaired) electrons. The molecule has 0 saturated carbocycles. The van der Waals surface area contributed by atoms with E-state index in [0.29, 0.717) is 12.1 Å². The van der Waals surface area contributed by atoms with Crippen molar-refractivity contribution < 1.29 is 9.72 Å². The highest BCUT2D eigenvalue weighted by atomic mass is 35.5. The molecule has 1 amide bonds. The van der Waals surface area contributed by atoms with E-state index in [2.05, 4.69) is 10.3 Å². The van der Waals surface area contributed by atoms with Gasteiger partial charge in [0.15, 0.2) is 0 Å². The average Bonchev–Trinajstić information content (AvgIpc) is 3.06. The van der Waals surface area contributed by atoms with Crippen LogP contribution in [0, 0.1) is 10.1 Å². The van der Waals surface area contributed by atoms with Crippen molar-refractivity contribution in [2.75, 3.05) is 5.32 Å². The summed E-state index contributed by atoms with van der Waals surface area (Å²) in [6, 6.07) is 13.9. The molecule has 0 fully saturated rings. The number of halogens is 1. The first-order valence-corrected chi connectivity index (χ1v) is 8.52. The molecule has 0 bridgehead atoms. The highest BCUT2D eigenvalue weighted by molar-refractivity contribution is 7.09. The Morgan fingerprint density at radius 1 is 1.24 bits per heavy atom. The second kappa shape index (κ2) is 7.42. The van der Waals surface area contributed by atoms with Crippen molar-refractivity contribution in [3.05, 3.63) is 85.3 Å². The maximum absolute atomic E-state index is 12.3. The van der Waals surface area contributed by atoms with Gasteiger partial charge in [-0.2, -0.15) is 0 Å². The number of nitro groups is 1. The van der Waals surface area contributed by atoms with Crippen LogP contribution in [0.15, 0.2) is 53.9 Å². The first-order chi connectivity index (χ1) is 12.0. The molecule has 25 heavy (non-hydrogen) atoms. The summed E-state index contributed by atoms with van der Waals surface area (Å²) in [5.74, 6) is -0.424. The Morgan fingerprint density at radius 2 is 2.00 bits per heavy atom. The normalized spacial score (nSPS) is 10.4. The van der Waals surface area contributed by atoms with Crippen LogP contribution in [0.2, 0.25) is 5.02 Å². The SMILES string of the molecule is O=C(Nc1ccc(Cl)c([N+](=O)[O-])c1)c1csc(Cc2ccccc2)n1. The Hall–Kier alpha value is -2.77. The van der Waals surface area contributed by atoms with Crippen LogP contribution in [0.25, 0.3) is 0 Å². The van der Waals surface area contributed by atoms with Gasteiger partial charge in [0, 0.05) is 23.6 Å². The van der Waals surface area contributed by atoms with Crippen LogP contribution in [0.3, 0.4) is 0 Å². The number of thiazole rings is 1. The maximum Gasteiger partial charge on any atom is 0.289 e. The van der Waals surface area contributed by atoms with Gasteiger partial charge >= 0.3 is 0 Å². The third kappa shape index (κ3) is 4.20. The number of anilines is 1. The number of benzene rings is 2. The zero-order valence-electron chi connectivity index (χ0n) is 12.8. The van der Waals surface area contributed by atoms with E-state index in [9.17, 15) is 14.9 Å². The zero-order valence-corrected chi connectivity index (χ0v) is 14.4. The number of aromatic nitrogens is 1. The first-order valence-electron chi connectivity index (χ1n) is 7.26. The Kier molecular flexibility index (Phi) is 5.06. The Balaban J connectivity index is 1.72. The molecule has 1 heterocycles. The van der Waals surface area contributed by atoms with Crippen LogP contribution >= 0.6 is 22.9 Å². The number of nitrogens with one attached hydrogen (secondary N) is 1. The van der Waals surface area contributed by atoms with Crippen LogP contribution in [0.1, 0.15) is 21.1 Å². The largest absolute Gasteiger partial charge is 0.320 e. The van der Waals surface area contributed by atoms with Crippen molar-refractivity contribution in [2.45, 2.75) is 6.42 Å². The smallest absolute Gasteiger partial charge is 0.289 e. The fourth-order valence-corrected chi connectivity index (χ4v) is 3.19. The molecule has 3 aromatic rings. The number of rotatable bonds is 5. The maximum atomic E-state index is 12.3. The molecular weight excluding hydrogens is 362 g/mol. The van der Waals surface area contributed by atoms with E-state index in [1.54, 1.807) is 5.38 Å². The minimum Gasteiger partial charge on any atom is -0.320 e. The Bertz CT molecular complexity index is 928. The fraction of sp³-hybridized carbons (Fsp3) is 0.0588. The van der Waals surface area contributed by atoms with E-state index in [0.717, 1.165) is 10.6 Å². The number of carbonyl (C=O) groups is 1. The molecule has 8 heteroatoms. The molecule has 1 aromatic heterocycles.